The number of aryl methyl sites for hydroxylation is 1. The Balaban J connectivity index is 0.000000671. The van der Waals surface area contributed by atoms with Gasteiger partial charge in [0.2, 0.25) is 0 Å². The van der Waals surface area contributed by atoms with Gasteiger partial charge in [-0.15, -0.1) is 0 Å². The molecule has 0 fully saturated rings. The number of benzene rings is 1. The fourth-order valence-electron chi connectivity index (χ4n) is 0.984. The minimum Gasteiger partial charge on any atom is -0.255 e. The lowest BCUT2D eigenvalue weighted by Gasteiger charge is -1.98. The van der Waals surface area contributed by atoms with Crippen molar-refractivity contribution in [3.05, 3.63) is 35.4 Å². The van der Waals surface area contributed by atoms with Gasteiger partial charge in [-0.1, -0.05) is 19.4 Å². The van der Waals surface area contributed by atoms with Crippen molar-refractivity contribution in [3.63, 3.8) is 0 Å². The van der Waals surface area contributed by atoms with E-state index >= 15 is 0 Å². The van der Waals surface area contributed by atoms with Crippen LogP contribution in [0.5, 0.6) is 0 Å². The molecule has 0 aliphatic heterocycles. The van der Waals surface area contributed by atoms with Gasteiger partial charge in [0.25, 0.3) is 0 Å². The summed E-state index contributed by atoms with van der Waals surface area (Å²) in [7, 11) is 0.500. The topological polar surface area (TPSA) is 0 Å². The quantitative estimate of drug-likeness (QED) is 0.669. The molecule has 1 aromatic carbocycles. The lowest BCUT2D eigenvalue weighted by Crippen LogP contribution is -1.88. The van der Waals surface area contributed by atoms with E-state index in [-0.39, 0.29) is 0 Å². The summed E-state index contributed by atoms with van der Waals surface area (Å²) >= 11 is 0. The Bertz CT molecular complexity index is 246. The van der Waals surface area contributed by atoms with Crippen molar-refractivity contribution in [2.24, 2.45) is 0 Å². The Morgan fingerprint density at radius 2 is 1.69 bits per heavy atom. The van der Waals surface area contributed by atoms with Crippen LogP contribution in [0.3, 0.4) is 0 Å². The van der Waals surface area contributed by atoms with Crippen LogP contribution in [-0.2, 0) is 6.42 Å². The molecule has 0 amide bonds. The molecule has 0 aliphatic rings. The van der Waals surface area contributed by atoms with Crippen LogP contribution in [0.4, 0.5) is 13.2 Å². The third kappa shape index (κ3) is 3.97. The van der Waals surface area contributed by atoms with E-state index in [0.29, 0.717) is 7.18 Å². The van der Waals surface area contributed by atoms with E-state index in [2.05, 4.69) is 0 Å². The lowest BCUT2D eigenvalue weighted by molar-refractivity contribution is 0.507. The van der Waals surface area contributed by atoms with E-state index in [4.69, 9.17) is 0 Å². The Labute approximate surface area is 76.4 Å². The van der Waals surface area contributed by atoms with Crippen molar-refractivity contribution >= 4 is 0 Å². The molecule has 0 radical (unpaired) electrons. The first-order valence-electron chi connectivity index (χ1n) is 4.05. The molecule has 0 nitrogen and oxygen atoms in total. The maximum Gasteiger partial charge on any atom is 0.159 e. The van der Waals surface area contributed by atoms with Gasteiger partial charge in [0.05, 0.1) is 7.18 Å². The third-order valence-corrected chi connectivity index (χ3v) is 1.52. The van der Waals surface area contributed by atoms with Crippen molar-refractivity contribution < 1.29 is 13.2 Å². The summed E-state index contributed by atoms with van der Waals surface area (Å²) < 4.78 is 34.4. The second-order valence-electron chi connectivity index (χ2n) is 2.50. The summed E-state index contributed by atoms with van der Waals surface area (Å²) in [6.45, 7) is 2.00. The van der Waals surface area contributed by atoms with Gasteiger partial charge in [-0.2, -0.15) is 0 Å². The molecular formula is C10H13F3. The first-order valence-corrected chi connectivity index (χ1v) is 4.05. The van der Waals surface area contributed by atoms with Crippen LogP contribution in [0, 0.1) is 11.6 Å². The van der Waals surface area contributed by atoms with E-state index in [1.54, 1.807) is 6.07 Å². The Hall–Kier alpha value is -0.990. The summed E-state index contributed by atoms with van der Waals surface area (Å²) in [5.74, 6) is -1.53. The molecule has 74 valence electrons. The highest BCUT2D eigenvalue weighted by Crippen LogP contribution is 2.09. The van der Waals surface area contributed by atoms with Gasteiger partial charge in [0, 0.05) is 0 Å². The summed E-state index contributed by atoms with van der Waals surface area (Å²) in [5.41, 5.74) is 0.853. The molecular weight excluding hydrogens is 177 g/mol. The van der Waals surface area contributed by atoms with Crippen LogP contribution < -0.4 is 0 Å². The number of hydrogen-bond donors (Lipinski definition) is 0. The molecule has 3 heteroatoms. The molecule has 0 aliphatic carbocycles. The zero-order valence-corrected chi connectivity index (χ0v) is 7.78. The monoisotopic (exact) mass is 190 g/mol. The molecule has 0 saturated heterocycles. The Kier molecular flexibility index (Phi) is 6.02. The molecule has 0 heterocycles. The summed E-state index contributed by atoms with van der Waals surface area (Å²) in [6.07, 6.45) is 1.75. The summed E-state index contributed by atoms with van der Waals surface area (Å²) in [6, 6.07) is 4.03. The molecule has 0 N–H and O–H groups in total. The SMILES string of the molecule is CCCc1ccc(F)c(F)c1.CF. The Morgan fingerprint density at radius 3 is 2.15 bits per heavy atom. The molecule has 13 heavy (non-hydrogen) atoms. The predicted molar refractivity (Wildman–Crippen MR) is 47.4 cm³/mol. The van der Waals surface area contributed by atoms with E-state index in [9.17, 15) is 13.2 Å². The van der Waals surface area contributed by atoms with Gasteiger partial charge in [-0.25, -0.2) is 8.78 Å². The smallest absolute Gasteiger partial charge is 0.159 e. The normalized spacial score (nSPS) is 9.00. The van der Waals surface area contributed by atoms with E-state index in [0.717, 1.165) is 18.4 Å². The van der Waals surface area contributed by atoms with Crippen LogP contribution in [0.2, 0.25) is 0 Å². The number of hydrogen-bond acceptors (Lipinski definition) is 0. The highest BCUT2D eigenvalue weighted by Gasteiger charge is 2.00. The minimum atomic E-state index is -0.773. The third-order valence-electron chi connectivity index (χ3n) is 1.52. The average Bonchev–Trinajstić information content (AvgIpc) is 2.15. The molecule has 0 aromatic heterocycles. The van der Waals surface area contributed by atoms with Gasteiger partial charge < -0.3 is 0 Å². The van der Waals surface area contributed by atoms with Crippen molar-refractivity contribution in [1.82, 2.24) is 0 Å². The minimum absolute atomic E-state index is 0.500. The second-order valence-corrected chi connectivity index (χ2v) is 2.50. The van der Waals surface area contributed by atoms with Gasteiger partial charge >= 0.3 is 0 Å². The molecule has 1 aromatic rings. The van der Waals surface area contributed by atoms with Crippen LogP contribution >= 0.6 is 0 Å². The van der Waals surface area contributed by atoms with Crippen LogP contribution in [0.1, 0.15) is 18.9 Å². The first-order chi connectivity index (χ1) is 6.24. The van der Waals surface area contributed by atoms with Crippen LogP contribution in [0.15, 0.2) is 18.2 Å². The second kappa shape index (κ2) is 6.52. The molecule has 0 spiro atoms. The standard InChI is InChI=1S/C9H10F2.CH3F/c1-2-3-7-4-5-8(10)9(11)6-7;1-2/h4-6H,2-3H2,1H3;1H3. The first kappa shape index (κ1) is 12.0. The van der Waals surface area contributed by atoms with Crippen LogP contribution in [0.25, 0.3) is 0 Å². The Morgan fingerprint density at radius 1 is 1.08 bits per heavy atom. The number of rotatable bonds is 2. The van der Waals surface area contributed by atoms with Crippen molar-refractivity contribution in [2.75, 3.05) is 7.18 Å². The fourth-order valence-corrected chi connectivity index (χ4v) is 0.984. The van der Waals surface area contributed by atoms with Crippen molar-refractivity contribution in [2.45, 2.75) is 19.8 Å². The van der Waals surface area contributed by atoms with E-state index in [1.807, 2.05) is 6.92 Å². The summed E-state index contributed by atoms with van der Waals surface area (Å²) in [5, 5.41) is 0. The summed E-state index contributed by atoms with van der Waals surface area (Å²) in [4.78, 5) is 0. The zero-order valence-electron chi connectivity index (χ0n) is 7.78. The van der Waals surface area contributed by atoms with Crippen LogP contribution in [-0.4, -0.2) is 7.18 Å². The average molecular weight is 190 g/mol. The lowest BCUT2D eigenvalue weighted by atomic mass is 10.1. The maximum absolute atomic E-state index is 12.5. The predicted octanol–water partition coefficient (Wildman–Crippen LogP) is 3.50. The van der Waals surface area contributed by atoms with Gasteiger partial charge in [-0.05, 0) is 24.1 Å². The number of halogens is 3. The van der Waals surface area contributed by atoms with Gasteiger partial charge in [0.15, 0.2) is 11.6 Å². The maximum atomic E-state index is 12.5. The fraction of sp³-hybridized carbons (Fsp3) is 0.400. The van der Waals surface area contributed by atoms with Gasteiger partial charge in [-0.3, -0.25) is 4.39 Å². The number of alkyl halides is 1. The molecule has 0 saturated carbocycles. The van der Waals surface area contributed by atoms with Crippen molar-refractivity contribution in [1.29, 1.82) is 0 Å². The molecule has 0 atom stereocenters. The van der Waals surface area contributed by atoms with Crippen molar-refractivity contribution in [3.8, 4) is 0 Å². The highest BCUT2D eigenvalue weighted by atomic mass is 19.2. The molecule has 0 bridgehead atoms. The highest BCUT2D eigenvalue weighted by molar-refractivity contribution is 5.17. The molecule has 0 unspecified atom stereocenters. The van der Waals surface area contributed by atoms with Gasteiger partial charge in [0.1, 0.15) is 0 Å². The largest absolute Gasteiger partial charge is 0.255 e. The molecule has 1 rings (SSSR count). The van der Waals surface area contributed by atoms with E-state index < -0.39 is 11.6 Å². The van der Waals surface area contributed by atoms with E-state index in [1.165, 1.54) is 12.1 Å². The zero-order chi connectivity index (χ0) is 10.3.